The van der Waals surface area contributed by atoms with Crippen LogP contribution in [0, 0.1) is 0 Å². The van der Waals surface area contributed by atoms with Crippen molar-refractivity contribution in [3.63, 3.8) is 0 Å². The Hall–Kier alpha value is -2.49. The van der Waals surface area contributed by atoms with Crippen LogP contribution in [0.1, 0.15) is 10.4 Å². The first kappa shape index (κ1) is 21.6. The van der Waals surface area contributed by atoms with Gasteiger partial charge in [-0.2, -0.15) is 0 Å². The summed E-state index contributed by atoms with van der Waals surface area (Å²) in [5.41, 5.74) is 7.14. The average molecular weight is 470 g/mol. The van der Waals surface area contributed by atoms with Crippen molar-refractivity contribution in [3.05, 3.63) is 54.1 Å². The molecular weight excluding hydrogens is 447 g/mol. The Labute approximate surface area is 170 Å². The van der Waals surface area contributed by atoms with Crippen molar-refractivity contribution in [1.82, 2.24) is 5.32 Å². The first-order valence-electron chi connectivity index (χ1n) is 7.75. The van der Waals surface area contributed by atoms with Crippen molar-refractivity contribution in [2.24, 2.45) is 10.7 Å². The number of nitrogens with two attached hydrogens (primary N) is 1. The molecule has 0 aromatic heterocycles. The fraction of sp³-hybridized carbons (Fsp3) is 0.222. The number of nitrogens with one attached hydrogen (secondary N) is 2. The number of halogens is 1. The Morgan fingerprint density at radius 1 is 1.08 bits per heavy atom. The second-order valence-corrected chi connectivity index (χ2v) is 5.11. The maximum absolute atomic E-state index is 12.0. The second-order valence-electron chi connectivity index (χ2n) is 5.11. The van der Waals surface area contributed by atoms with Crippen molar-refractivity contribution in [1.29, 1.82) is 0 Å². The lowest BCUT2D eigenvalue weighted by molar-refractivity contribution is 0.0954. The quantitative estimate of drug-likeness (QED) is 0.250. The maximum atomic E-state index is 12.0. The minimum absolute atomic E-state index is 0. The molecule has 140 valence electrons. The number of amides is 1. The molecule has 4 N–H and O–H groups in total. The van der Waals surface area contributed by atoms with Gasteiger partial charge >= 0.3 is 0 Å². The van der Waals surface area contributed by atoms with E-state index in [1.54, 1.807) is 38.5 Å². The largest absolute Gasteiger partial charge is 0.497 e. The van der Waals surface area contributed by atoms with Gasteiger partial charge in [0.05, 0.1) is 20.8 Å². The van der Waals surface area contributed by atoms with Crippen LogP contribution in [0.15, 0.2) is 53.5 Å². The summed E-state index contributed by atoms with van der Waals surface area (Å²) in [5, 5.41) is 5.75. The van der Waals surface area contributed by atoms with E-state index in [4.69, 9.17) is 15.2 Å². The van der Waals surface area contributed by atoms with Crippen LogP contribution < -0.4 is 25.8 Å². The van der Waals surface area contributed by atoms with Crippen LogP contribution in [-0.4, -0.2) is 39.2 Å². The number of hydrogen-bond acceptors (Lipinski definition) is 4. The lowest BCUT2D eigenvalue weighted by Crippen LogP contribution is -2.28. The Morgan fingerprint density at radius 2 is 1.73 bits per heavy atom. The highest BCUT2D eigenvalue weighted by Crippen LogP contribution is 2.16. The number of hydrogen-bond donors (Lipinski definition) is 3. The van der Waals surface area contributed by atoms with E-state index in [2.05, 4.69) is 15.6 Å². The van der Waals surface area contributed by atoms with Crippen LogP contribution in [-0.2, 0) is 0 Å². The summed E-state index contributed by atoms with van der Waals surface area (Å²) in [6.45, 7) is 0.731. The summed E-state index contributed by atoms with van der Waals surface area (Å²) in [5.74, 6) is 1.44. The zero-order valence-electron chi connectivity index (χ0n) is 14.7. The molecule has 0 heterocycles. The third-order valence-electron chi connectivity index (χ3n) is 3.35. The van der Waals surface area contributed by atoms with E-state index in [1.165, 1.54) is 0 Å². The van der Waals surface area contributed by atoms with E-state index in [9.17, 15) is 4.79 Å². The molecule has 0 radical (unpaired) electrons. The van der Waals surface area contributed by atoms with E-state index in [1.807, 2.05) is 24.3 Å². The predicted molar refractivity (Wildman–Crippen MR) is 114 cm³/mol. The van der Waals surface area contributed by atoms with E-state index < -0.39 is 0 Å². The summed E-state index contributed by atoms with van der Waals surface area (Å²) < 4.78 is 10.2. The molecule has 0 saturated carbocycles. The number of ether oxygens (including phenoxy) is 2. The maximum Gasteiger partial charge on any atom is 0.251 e. The molecule has 0 aliphatic rings. The average Bonchev–Trinajstić information content (AvgIpc) is 2.65. The fourth-order valence-electron chi connectivity index (χ4n) is 2.10. The number of nitrogens with zero attached hydrogens (tertiary/aromatic N) is 1. The summed E-state index contributed by atoms with van der Waals surface area (Å²) in [6, 6.07) is 14.3. The Kier molecular flexibility index (Phi) is 9.27. The van der Waals surface area contributed by atoms with Gasteiger partial charge in [-0.1, -0.05) is 12.1 Å². The molecule has 0 saturated heterocycles. The van der Waals surface area contributed by atoms with Crippen LogP contribution in [0.2, 0.25) is 0 Å². The number of anilines is 1. The van der Waals surface area contributed by atoms with Crippen LogP contribution in [0.25, 0.3) is 0 Å². The molecule has 0 fully saturated rings. The molecule has 7 nitrogen and oxygen atoms in total. The van der Waals surface area contributed by atoms with Gasteiger partial charge in [-0.05, 0) is 30.3 Å². The zero-order valence-corrected chi connectivity index (χ0v) is 17.0. The van der Waals surface area contributed by atoms with E-state index in [0.717, 1.165) is 11.4 Å². The molecule has 0 bridgehead atoms. The first-order chi connectivity index (χ1) is 12.1. The van der Waals surface area contributed by atoms with Crippen molar-refractivity contribution in [2.45, 2.75) is 0 Å². The topological polar surface area (TPSA) is 98.0 Å². The second kappa shape index (κ2) is 11.2. The molecule has 26 heavy (non-hydrogen) atoms. The van der Waals surface area contributed by atoms with Gasteiger partial charge in [-0.15, -0.1) is 24.0 Å². The Bertz CT molecular complexity index is 753. The van der Waals surface area contributed by atoms with E-state index in [0.29, 0.717) is 24.4 Å². The van der Waals surface area contributed by atoms with Gasteiger partial charge in [0.15, 0.2) is 5.96 Å². The number of benzene rings is 2. The highest BCUT2D eigenvalue weighted by molar-refractivity contribution is 14.0. The van der Waals surface area contributed by atoms with Gasteiger partial charge in [-0.25, -0.2) is 0 Å². The molecule has 2 rings (SSSR count). The Balaban J connectivity index is 0.00000338. The third kappa shape index (κ3) is 6.79. The molecule has 0 unspecified atom stereocenters. The van der Waals surface area contributed by atoms with Crippen molar-refractivity contribution in [2.75, 3.05) is 32.6 Å². The standard InChI is InChI=1S/C18H22N4O3.HI/c1-24-15-7-3-5-13(11-15)17(23)20-9-10-21-18(19)22-14-6-4-8-16(12-14)25-2;/h3-8,11-12H,9-10H2,1-2H3,(H,20,23)(H3,19,21,22);1H. The molecule has 8 heteroatoms. The number of carbonyl (C=O) groups excluding carboxylic acids is 1. The smallest absolute Gasteiger partial charge is 0.251 e. The monoisotopic (exact) mass is 470 g/mol. The fourth-order valence-corrected chi connectivity index (χ4v) is 2.10. The lowest BCUT2D eigenvalue weighted by Gasteiger charge is -2.08. The molecular formula is C18H23IN4O3. The van der Waals surface area contributed by atoms with Gasteiger partial charge < -0.3 is 25.8 Å². The minimum Gasteiger partial charge on any atom is -0.497 e. The van der Waals surface area contributed by atoms with Crippen LogP contribution >= 0.6 is 24.0 Å². The van der Waals surface area contributed by atoms with Crippen LogP contribution in [0.4, 0.5) is 5.69 Å². The molecule has 0 aliphatic carbocycles. The van der Waals surface area contributed by atoms with Crippen LogP contribution in [0.3, 0.4) is 0 Å². The third-order valence-corrected chi connectivity index (χ3v) is 3.35. The normalized spacial score (nSPS) is 10.5. The number of rotatable bonds is 7. The highest BCUT2D eigenvalue weighted by Gasteiger charge is 2.05. The van der Waals surface area contributed by atoms with Gasteiger partial charge in [0.25, 0.3) is 5.91 Å². The number of carbonyl (C=O) groups is 1. The van der Waals surface area contributed by atoms with Crippen molar-refractivity contribution in [3.8, 4) is 11.5 Å². The summed E-state index contributed by atoms with van der Waals surface area (Å²) in [4.78, 5) is 16.2. The van der Waals surface area contributed by atoms with Gasteiger partial charge in [-0.3, -0.25) is 9.79 Å². The molecule has 1 amide bonds. The van der Waals surface area contributed by atoms with Crippen molar-refractivity contribution < 1.29 is 14.3 Å². The first-order valence-corrected chi connectivity index (χ1v) is 7.75. The molecule has 2 aromatic carbocycles. The number of methoxy groups -OCH3 is 2. The lowest BCUT2D eigenvalue weighted by atomic mass is 10.2. The molecule has 0 atom stereocenters. The van der Waals surface area contributed by atoms with Gasteiger partial charge in [0.2, 0.25) is 0 Å². The highest BCUT2D eigenvalue weighted by atomic mass is 127. The zero-order chi connectivity index (χ0) is 18.1. The minimum atomic E-state index is -0.187. The van der Waals surface area contributed by atoms with E-state index in [-0.39, 0.29) is 35.8 Å². The summed E-state index contributed by atoms with van der Waals surface area (Å²) in [6.07, 6.45) is 0. The summed E-state index contributed by atoms with van der Waals surface area (Å²) >= 11 is 0. The van der Waals surface area contributed by atoms with Gasteiger partial charge in [0.1, 0.15) is 11.5 Å². The molecule has 2 aromatic rings. The van der Waals surface area contributed by atoms with Crippen molar-refractivity contribution >= 4 is 41.5 Å². The van der Waals surface area contributed by atoms with Crippen LogP contribution in [0.5, 0.6) is 11.5 Å². The predicted octanol–water partition coefficient (Wildman–Crippen LogP) is 2.48. The van der Waals surface area contributed by atoms with Gasteiger partial charge in [0, 0.05) is 23.9 Å². The molecule has 0 spiro atoms. The summed E-state index contributed by atoms with van der Waals surface area (Å²) in [7, 11) is 3.16. The number of guanidine groups is 1. The number of aliphatic imine (C=N–C) groups is 1. The van der Waals surface area contributed by atoms with E-state index >= 15 is 0 Å². The SMILES string of the molecule is COc1cccc(NC(N)=NCCNC(=O)c2cccc(OC)c2)c1.I. The Morgan fingerprint density at radius 3 is 2.42 bits per heavy atom. The molecule has 0 aliphatic heterocycles.